The maximum atomic E-state index is 12.3. The number of carbonyl (C=O) groups is 2. The molecule has 0 saturated carbocycles. The highest BCUT2D eigenvalue weighted by Gasteiger charge is 2.23. The third-order valence-corrected chi connectivity index (χ3v) is 4.90. The highest BCUT2D eigenvalue weighted by Crippen LogP contribution is 2.26. The van der Waals surface area contributed by atoms with Gasteiger partial charge in [-0.3, -0.25) is 4.79 Å². The Hall–Kier alpha value is -1.76. The van der Waals surface area contributed by atoms with Crippen molar-refractivity contribution in [2.24, 2.45) is 0 Å². The summed E-state index contributed by atoms with van der Waals surface area (Å²) in [5.74, 6) is -1.02. The standard InChI is InChI=1S/C18H18Cl2N2O3S/c1-10(13-7-6-12(19)9-15(13)20)22-16(23)11(2)25-18(24)14-5-4-8-21-17(14)26-3/h4-11H,1-3H3,(H,22,23)/t10-,11+/m1/s1. The zero-order valence-corrected chi connectivity index (χ0v) is 16.8. The first kappa shape index (κ1) is 20.6. The number of carbonyl (C=O) groups excluding carboxylic acids is 2. The van der Waals surface area contributed by atoms with Gasteiger partial charge >= 0.3 is 5.97 Å². The number of nitrogens with one attached hydrogen (secondary N) is 1. The molecule has 0 bridgehead atoms. The molecule has 0 aliphatic heterocycles. The van der Waals surface area contributed by atoms with Gasteiger partial charge in [0.1, 0.15) is 5.03 Å². The molecule has 1 N–H and O–H groups in total. The van der Waals surface area contributed by atoms with Gasteiger partial charge in [0.2, 0.25) is 0 Å². The topological polar surface area (TPSA) is 68.3 Å². The molecule has 138 valence electrons. The van der Waals surface area contributed by atoms with Crippen LogP contribution in [0.3, 0.4) is 0 Å². The van der Waals surface area contributed by atoms with Gasteiger partial charge < -0.3 is 10.1 Å². The molecule has 1 aromatic carbocycles. The number of esters is 1. The van der Waals surface area contributed by atoms with Crippen LogP contribution in [0.1, 0.15) is 35.8 Å². The number of aromatic nitrogens is 1. The minimum absolute atomic E-state index is 0.327. The van der Waals surface area contributed by atoms with Crippen LogP contribution in [0, 0.1) is 0 Å². The van der Waals surface area contributed by atoms with Crippen molar-refractivity contribution in [3.63, 3.8) is 0 Å². The Morgan fingerprint density at radius 2 is 1.96 bits per heavy atom. The number of pyridine rings is 1. The lowest BCUT2D eigenvalue weighted by atomic mass is 10.1. The van der Waals surface area contributed by atoms with Crippen LogP contribution in [-0.2, 0) is 9.53 Å². The summed E-state index contributed by atoms with van der Waals surface area (Å²) in [6.45, 7) is 3.30. The van der Waals surface area contributed by atoms with Crippen molar-refractivity contribution in [1.29, 1.82) is 0 Å². The van der Waals surface area contributed by atoms with Crippen molar-refractivity contribution in [3.8, 4) is 0 Å². The first-order chi connectivity index (χ1) is 12.3. The Balaban J connectivity index is 2.01. The normalized spacial score (nSPS) is 13.0. The molecule has 1 amide bonds. The maximum Gasteiger partial charge on any atom is 0.341 e. The lowest BCUT2D eigenvalue weighted by Crippen LogP contribution is -2.37. The van der Waals surface area contributed by atoms with Crippen molar-refractivity contribution >= 4 is 46.8 Å². The molecule has 0 aliphatic carbocycles. The number of hydrogen-bond donors (Lipinski definition) is 1. The van der Waals surface area contributed by atoms with Gasteiger partial charge in [-0.15, -0.1) is 11.8 Å². The van der Waals surface area contributed by atoms with Crippen LogP contribution in [0.25, 0.3) is 0 Å². The summed E-state index contributed by atoms with van der Waals surface area (Å²) < 4.78 is 5.27. The Morgan fingerprint density at radius 1 is 1.23 bits per heavy atom. The summed E-state index contributed by atoms with van der Waals surface area (Å²) in [7, 11) is 0. The molecular formula is C18H18Cl2N2O3S. The van der Waals surface area contributed by atoms with Crippen LogP contribution in [0.5, 0.6) is 0 Å². The molecule has 0 aliphatic rings. The van der Waals surface area contributed by atoms with Crippen molar-refractivity contribution < 1.29 is 14.3 Å². The van der Waals surface area contributed by atoms with E-state index in [0.717, 1.165) is 5.56 Å². The smallest absolute Gasteiger partial charge is 0.341 e. The number of hydrogen-bond acceptors (Lipinski definition) is 5. The summed E-state index contributed by atoms with van der Waals surface area (Å²) in [6.07, 6.45) is 2.44. The monoisotopic (exact) mass is 412 g/mol. The first-order valence-electron chi connectivity index (χ1n) is 7.78. The van der Waals surface area contributed by atoms with Crippen molar-refractivity contribution in [2.75, 3.05) is 6.26 Å². The van der Waals surface area contributed by atoms with E-state index in [4.69, 9.17) is 27.9 Å². The van der Waals surface area contributed by atoms with Crippen LogP contribution >= 0.6 is 35.0 Å². The summed E-state index contributed by atoms with van der Waals surface area (Å²) in [5, 5.41) is 4.29. The van der Waals surface area contributed by atoms with Crippen molar-refractivity contribution in [2.45, 2.75) is 31.0 Å². The largest absolute Gasteiger partial charge is 0.449 e. The van der Waals surface area contributed by atoms with Crippen LogP contribution in [0.15, 0.2) is 41.6 Å². The fourth-order valence-electron chi connectivity index (χ4n) is 2.25. The molecule has 0 radical (unpaired) electrons. The van der Waals surface area contributed by atoms with Gasteiger partial charge in [-0.2, -0.15) is 0 Å². The van der Waals surface area contributed by atoms with Gasteiger partial charge in [-0.05, 0) is 49.9 Å². The summed E-state index contributed by atoms with van der Waals surface area (Å²) in [6, 6.07) is 7.94. The van der Waals surface area contributed by atoms with Gasteiger partial charge in [0.05, 0.1) is 11.6 Å². The number of thioether (sulfide) groups is 1. The third kappa shape index (κ3) is 5.13. The molecule has 1 heterocycles. The first-order valence-corrected chi connectivity index (χ1v) is 9.76. The lowest BCUT2D eigenvalue weighted by molar-refractivity contribution is -0.129. The van der Waals surface area contributed by atoms with Crippen LogP contribution in [0.4, 0.5) is 0 Å². The Kier molecular flexibility index (Phi) is 7.32. The second-order valence-electron chi connectivity index (χ2n) is 5.50. The van der Waals surface area contributed by atoms with E-state index in [0.29, 0.717) is 20.6 Å². The van der Waals surface area contributed by atoms with Crippen LogP contribution in [0.2, 0.25) is 10.0 Å². The minimum atomic E-state index is -0.967. The Morgan fingerprint density at radius 3 is 2.62 bits per heavy atom. The number of rotatable bonds is 6. The number of halogens is 2. The van der Waals surface area contributed by atoms with Crippen LogP contribution < -0.4 is 5.32 Å². The van der Waals surface area contributed by atoms with E-state index in [2.05, 4.69) is 10.3 Å². The number of ether oxygens (including phenoxy) is 1. The molecule has 0 saturated heterocycles. The highest BCUT2D eigenvalue weighted by molar-refractivity contribution is 7.98. The average Bonchev–Trinajstić information content (AvgIpc) is 2.61. The number of nitrogens with zero attached hydrogens (tertiary/aromatic N) is 1. The van der Waals surface area contributed by atoms with Gasteiger partial charge in [0.15, 0.2) is 6.10 Å². The van der Waals surface area contributed by atoms with E-state index in [1.54, 1.807) is 43.5 Å². The molecule has 0 unspecified atom stereocenters. The Bertz CT molecular complexity index is 817. The molecule has 2 rings (SSSR count). The molecule has 2 atom stereocenters. The van der Waals surface area contributed by atoms with E-state index in [1.807, 2.05) is 6.26 Å². The number of benzene rings is 1. The summed E-state index contributed by atoms with van der Waals surface area (Å²) in [5.41, 5.74) is 1.05. The molecule has 1 aromatic heterocycles. The SMILES string of the molecule is CSc1ncccc1C(=O)O[C@@H](C)C(=O)N[C@H](C)c1ccc(Cl)cc1Cl. The van der Waals surface area contributed by atoms with E-state index < -0.39 is 18.0 Å². The van der Waals surface area contributed by atoms with E-state index in [9.17, 15) is 9.59 Å². The fraction of sp³-hybridized carbons (Fsp3) is 0.278. The summed E-state index contributed by atoms with van der Waals surface area (Å²) >= 11 is 13.4. The molecule has 8 heteroatoms. The predicted molar refractivity (Wildman–Crippen MR) is 104 cm³/mol. The molecule has 2 aromatic rings. The molecule has 5 nitrogen and oxygen atoms in total. The zero-order valence-electron chi connectivity index (χ0n) is 14.5. The summed E-state index contributed by atoms with van der Waals surface area (Å²) in [4.78, 5) is 28.8. The highest BCUT2D eigenvalue weighted by atomic mass is 35.5. The average molecular weight is 413 g/mol. The molecular weight excluding hydrogens is 395 g/mol. The van der Waals surface area contributed by atoms with Gasteiger partial charge in [-0.1, -0.05) is 29.3 Å². The second kappa shape index (κ2) is 9.26. The third-order valence-electron chi connectivity index (χ3n) is 3.63. The predicted octanol–water partition coefficient (Wildman–Crippen LogP) is 4.53. The van der Waals surface area contributed by atoms with Gasteiger partial charge in [0, 0.05) is 16.2 Å². The molecule has 0 fully saturated rings. The van der Waals surface area contributed by atoms with E-state index in [1.165, 1.54) is 18.7 Å². The van der Waals surface area contributed by atoms with E-state index >= 15 is 0 Å². The van der Waals surface area contributed by atoms with Crippen LogP contribution in [-0.4, -0.2) is 29.2 Å². The van der Waals surface area contributed by atoms with Gasteiger partial charge in [0.25, 0.3) is 5.91 Å². The quantitative estimate of drug-likeness (QED) is 0.557. The van der Waals surface area contributed by atoms with Crippen molar-refractivity contribution in [3.05, 3.63) is 57.7 Å². The molecule has 26 heavy (non-hydrogen) atoms. The second-order valence-corrected chi connectivity index (χ2v) is 7.14. The zero-order chi connectivity index (χ0) is 19.3. The minimum Gasteiger partial charge on any atom is -0.449 e. The number of amides is 1. The fourth-order valence-corrected chi connectivity index (χ4v) is 3.36. The Labute approximate surface area is 166 Å². The van der Waals surface area contributed by atoms with Gasteiger partial charge in [-0.25, -0.2) is 9.78 Å². The lowest BCUT2D eigenvalue weighted by Gasteiger charge is -2.19. The van der Waals surface area contributed by atoms with E-state index in [-0.39, 0.29) is 6.04 Å². The molecule has 0 spiro atoms. The van der Waals surface area contributed by atoms with Crippen molar-refractivity contribution in [1.82, 2.24) is 10.3 Å². The maximum absolute atomic E-state index is 12.3.